The Hall–Kier alpha value is -1.61. The Morgan fingerprint density at radius 2 is 1.28 bits per heavy atom. The topological polar surface area (TPSA) is 148 Å². The van der Waals surface area contributed by atoms with Crippen LogP contribution in [0.25, 0.3) is 12.2 Å². The van der Waals surface area contributed by atoms with Crippen LogP contribution in [-0.4, -0.2) is 65.9 Å². The van der Waals surface area contributed by atoms with Crippen molar-refractivity contribution in [1.29, 1.82) is 0 Å². The molecule has 10 nitrogen and oxygen atoms in total. The number of hydrogen-bond donors (Lipinski definition) is 2. The normalized spacial score (nSPS) is 11.8. The van der Waals surface area contributed by atoms with E-state index in [1.165, 1.54) is 48.6 Å². The molecular weight excluding hydrogens is 514 g/mol. The van der Waals surface area contributed by atoms with Crippen LogP contribution in [-0.2, 0) is 24.5 Å². The van der Waals surface area contributed by atoms with E-state index in [1.807, 2.05) is 5.48 Å². The molecule has 1 heterocycles. The zero-order valence-electron chi connectivity index (χ0n) is 15.2. The Labute approximate surface area is 215 Å². The summed E-state index contributed by atoms with van der Waals surface area (Å²) in [6.45, 7) is 0. The van der Waals surface area contributed by atoms with E-state index < -0.39 is 20.2 Å². The molecule has 0 spiro atoms. The van der Waals surface area contributed by atoms with Crippen molar-refractivity contribution in [2.75, 3.05) is 5.48 Å². The van der Waals surface area contributed by atoms with Gasteiger partial charge in [-0.3, -0.25) is 4.55 Å². The van der Waals surface area contributed by atoms with Crippen molar-refractivity contribution >= 4 is 91.1 Å². The predicted molar refractivity (Wildman–Crippen MR) is 121 cm³/mol. The number of anilines is 1. The molecule has 0 radical (unpaired) electrons. The maximum absolute atomic E-state index is 12.6. The van der Waals surface area contributed by atoms with Crippen molar-refractivity contribution in [1.82, 2.24) is 15.0 Å². The SMILES string of the molecule is O=S(=O)(O)c1ccccc1C=Cc1ccccc1S(=O)(=O)ONc1nc(Cl)nc(Cl)n1.[NaH]. The number of halogens is 2. The number of rotatable bonds is 7. The summed E-state index contributed by atoms with van der Waals surface area (Å²) in [7, 11) is -8.84. The van der Waals surface area contributed by atoms with Gasteiger partial charge in [0, 0.05) is 0 Å². The molecular formula is C17H13Cl2N4NaO6S2. The van der Waals surface area contributed by atoms with Crippen LogP contribution in [0.4, 0.5) is 5.95 Å². The van der Waals surface area contributed by atoms with E-state index in [0.29, 0.717) is 0 Å². The molecule has 1 aromatic heterocycles. The van der Waals surface area contributed by atoms with Crippen LogP contribution in [0, 0.1) is 0 Å². The minimum absolute atomic E-state index is 0. The molecule has 0 aliphatic rings. The van der Waals surface area contributed by atoms with Gasteiger partial charge in [-0.25, -0.2) is 5.48 Å². The summed E-state index contributed by atoms with van der Waals surface area (Å²) in [5.41, 5.74) is 2.38. The monoisotopic (exact) mass is 526 g/mol. The Balaban J connectivity index is 0.00000363. The van der Waals surface area contributed by atoms with Gasteiger partial charge in [0.1, 0.15) is 9.79 Å². The van der Waals surface area contributed by atoms with Crippen LogP contribution in [0.3, 0.4) is 0 Å². The van der Waals surface area contributed by atoms with Crippen LogP contribution in [0.15, 0.2) is 58.3 Å². The summed E-state index contributed by atoms with van der Waals surface area (Å²) in [5.74, 6) is -0.330. The van der Waals surface area contributed by atoms with E-state index in [1.54, 1.807) is 12.1 Å². The zero-order chi connectivity index (χ0) is 22.6. The van der Waals surface area contributed by atoms with Crippen LogP contribution >= 0.6 is 23.2 Å². The molecule has 0 amide bonds. The number of hydrogen-bond acceptors (Lipinski definition) is 9. The van der Waals surface area contributed by atoms with Crippen molar-refractivity contribution in [2.24, 2.45) is 0 Å². The van der Waals surface area contributed by atoms with Gasteiger partial charge in [-0.05, 0) is 46.5 Å². The molecule has 32 heavy (non-hydrogen) atoms. The third-order valence-electron chi connectivity index (χ3n) is 3.65. The van der Waals surface area contributed by atoms with Crippen LogP contribution in [0.1, 0.15) is 11.1 Å². The molecule has 0 atom stereocenters. The van der Waals surface area contributed by atoms with Crippen molar-refractivity contribution < 1.29 is 25.7 Å². The van der Waals surface area contributed by atoms with Crippen LogP contribution in [0.5, 0.6) is 0 Å². The molecule has 2 N–H and O–H groups in total. The van der Waals surface area contributed by atoms with Crippen molar-refractivity contribution in [3.8, 4) is 0 Å². The van der Waals surface area contributed by atoms with Gasteiger partial charge < -0.3 is 0 Å². The Morgan fingerprint density at radius 1 is 0.812 bits per heavy atom. The number of benzene rings is 2. The summed E-state index contributed by atoms with van der Waals surface area (Å²) >= 11 is 11.3. The van der Waals surface area contributed by atoms with E-state index >= 15 is 0 Å². The Kier molecular flexibility index (Phi) is 9.16. The fourth-order valence-corrected chi connectivity index (χ4v) is 4.38. The summed E-state index contributed by atoms with van der Waals surface area (Å²) in [4.78, 5) is 10.2. The summed E-state index contributed by atoms with van der Waals surface area (Å²) in [6, 6.07) is 11.5. The van der Waals surface area contributed by atoms with Gasteiger partial charge in [0.2, 0.25) is 10.6 Å². The van der Waals surface area contributed by atoms with E-state index in [4.69, 9.17) is 27.5 Å². The average molecular weight is 527 g/mol. The first-order chi connectivity index (χ1) is 14.6. The number of aromatic nitrogens is 3. The molecule has 0 aliphatic carbocycles. The molecule has 0 saturated carbocycles. The Morgan fingerprint density at radius 3 is 1.81 bits per heavy atom. The quantitative estimate of drug-likeness (QED) is 0.203. The Bertz CT molecular complexity index is 1350. The van der Waals surface area contributed by atoms with Gasteiger partial charge in [-0.15, -0.1) is 4.28 Å². The van der Waals surface area contributed by atoms with E-state index in [-0.39, 0.29) is 67.0 Å². The van der Waals surface area contributed by atoms with E-state index in [2.05, 4.69) is 15.0 Å². The number of nitrogens with one attached hydrogen (secondary N) is 1. The predicted octanol–water partition coefficient (Wildman–Crippen LogP) is 2.68. The second-order valence-electron chi connectivity index (χ2n) is 5.72. The minimum atomic E-state index is -4.47. The fourth-order valence-electron chi connectivity index (χ4n) is 2.39. The molecule has 164 valence electrons. The molecule has 3 aromatic rings. The number of nitrogens with zero attached hydrogens (tertiary/aromatic N) is 3. The molecule has 2 aromatic carbocycles. The van der Waals surface area contributed by atoms with Crippen molar-refractivity contribution in [3.05, 3.63) is 70.2 Å². The van der Waals surface area contributed by atoms with Crippen LogP contribution < -0.4 is 5.48 Å². The molecule has 0 unspecified atom stereocenters. The summed E-state index contributed by atoms with van der Waals surface area (Å²) in [5, 5.41) is -0.548. The molecule has 0 bridgehead atoms. The maximum atomic E-state index is 12.6. The van der Waals surface area contributed by atoms with Gasteiger partial charge in [0.25, 0.3) is 16.1 Å². The average Bonchev–Trinajstić information content (AvgIpc) is 2.70. The van der Waals surface area contributed by atoms with Gasteiger partial charge in [-0.1, -0.05) is 48.6 Å². The first-order valence-electron chi connectivity index (χ1n) is 8.16. The van der Waals surface area contributed by atoms with Gasteiger partial charge in [-0.2, -0.15) is 31.8 Å². The molecule has 0 fully saturated rings. The first-order valence-corrected chi connectivity index (χ1v) is 11.8. The van der Waals surface area contributed by atoms with E-state index in [9.17, 15) is 21.4 Å². The van der Waals surface area contributed by atoms with E-state index in [0.717, 1.165) is 0 Å². The summed E-state index contributed by atoms with van der Waals surface area (Å²) in [6.07, 6.45) is 2.70. The van der Waals surface area contributed by atoms with Crippen molar-refractivity contribution in [3.63, 3.8) is 0 Å². The third-order valence-corrected chi connectivity index (χ3v) is 6.13. The third kappa shape index (κ3) is 6.94. The summed E-state index contributed by atoms with van der Waals surface area (Å²) < 4.78 is 62.4. The van der Waals surface area contributed by atoms with Crippen molar-refractivity contribution in [2.45, 2.75) is 9.79 Å². The molecule has 0 saturated heterocycles. The van der Waals surface area contributed by atoms with Gasteiger partial charge >= 0.3 is 39.7 Å². The van der Waals surface area contributed by atoms with Gasteiger partial charge in [0.15, 0.2) is 0 Å². The molecule has 3 rings (SSSR count). The first kappa shape index (κ1) is 26.6. The zero-order valence-corrected chi connectivity index (χ0v) is 18.3. The van der Waals surface area contributed by atoms with Gasteiger partial charge in [0.05, 0.1) is 0 Å². The molecule has 15 heteroatoms. The fraction of sp³-hybridized carbons (Fsp3) is 0. The second-order valence-corrected chi connectivity index (χ2v) is 9.30. The van der Waals surface area contributed by atoms with Crippen LogP contribution in [0.2, 0.25) is 10.6 Å². The second kappa shape index (κ2) is 11.0. The molecule has 0 aliphatic heterocycles. The standard InChI is InChI=1S/C17H12Cl2N4O6S2.Na.H/c18-15-20-16(19)22-17(21-15)23-29-31(27,28)14-8-4-2-6-12(14)10-9-11-5-1-3-7-13(11)30(24,25)26;;/h1-10H,(H,24,25,26)(H,20,21,22,23);;.